The first-order chi connectivity index (χ1) is 13.3. The van der Waals surface area contributed by atoms with Crippen LogP contribution >= 0.6 is 15.9 Å². The number of nitrogens with one attached hydrogen (secondary N) is 2. The lowest BCUT2D eigenvalue weighted by Crippen LogP contribution is -2.41. The Hall–Kier alpha value is -3.01. The van der Waals surface area contributed by atoms with Gasteiger partial charge >= 0.3 is 12.0 Å². The van der Waals surface area contributed by atoms with Crippen molar-refractivity contribution in [3.63, 3.8) is 0 Å². The van der Waals surface area contributed by atoms with Gasteiger partial charge in [-0.15, -0.1) is 6.58 Å². The summed E-state index contributed by atoms with van der Waals surface area (Å²) in [6.07, 6.45) is 1.54. The molecule has 0 unspecified atom stereocenters. The van der Waals surface area contributed by atoms with Gasteiger partial charge in [-0.05, 0) is 24.6 Å². The fourth-order valence-corrected chi connectivity index (χ4v) is 2.80. The summed E-state index contributed by atoms with van der Waals surface area (Å²) >= 11 is 3.25. The summed E-state index contributed by atoms with van der Waals surface area (Å²) < 4.78 is 5.45. The molecule has 148 valence electrons. The first-order valence-corrected chi connectivity index (χ1v) is 9.12. The van der Waals surface area contributed by atoms with Crippen LogP contribution in [-0.2, 0) is 14.3 Å². The normalized spacial score (nSPS) is 12.4. The van der Waals surface area contributed by atoms with Crippen molar-refractivity contribution >= 4 is 45.7 Å². The predicted octanol–water partition coefficient (Wildman–Crippen LogP) is 1.38. The third-order valence-electron chi connectivity index (χ3n) is 3.72. The van der Waals surface area contributed by atoms with Gasteiger partial charge in [-0.2, -0.15) is 0 Å². The molecule has 5 amide bonds. The number of urea groups is 1. The van der Waals surface area contributed by atoms with Crippen LogP contribution in [0.5, 0.6) is 0 Å². The second-order valence-corrected chi connectivity index (χ2v) is 6.68. The molecule has 1 aromatic carbocycles. The van der Waals surface area contributed by atoms with E-state index in [2.05, 4.69) is 27.8 Å². The topological polar surface area (TPSA) is 122 Å². The van der Waals surface area contributed by atoms with Crippen LogP contribution in [0.1, 0.15) is 33.6 Å². The number of hydrogen-bond acceptors (Lipinski definition) is 6. The number of halogens is 1. The molecule has 0 saturated heterocycles. The zero-order valence-electron chi connectivity index (χ0n) is 14.8. The number of benzene rings is 1. The van der Waals surface area contributed by atoms with Crippen molar-refractivity contribution < 1.29 is 28.7 Å². The SMILES string of the molecule is C=CCNC(=O)NC(=O)COC(=O)CCCN1C(=O)c2ccc(Br)cc2C1=O. The minimum absolute atomic E-state index is 0.0508. The van der Waals surface area contributed by atoms with Crippen molar-refractivity contribution in [3.8, 4) is 0 Å². The fraction of sp³-hybridized carbons (Fsp3) is 0.278. The maximum Gasteiger partial charge on any atom is 0.321 e. The van der Waals surface area contributed by atoms with Gasteiger partial charge in [-0.1, -0.05) is 22.0 Å². The molecule has 1 aliphatic heterocycles. The van der Waals surface area contributed by atoms with Crippen molar-refractivity contribution in [3.05, 3.63) is 46.5 Å². The summed E-state index contributed by atoms with van der Waals surface area (Å²) in [5.74, 6) is -2.28. The van der Waals surface area contributed by atoms with Gasteiger partial charge in [0, 0.05) is 24.0 Å². The Morgan fingerprint density at radius 1 is 1.18 bits per heavy atom. The Morgan fingerprint density at radius 3 is 2.61 bits per heavy atom. The molecule has 9 nitrogen and oxygen atoms in total. The molecule has 2 rings (SSSR count). The average Bonchev–Trinajstić information content (AvgIpc) is 2.89. The molecule has 28 heavy (non-hydrogen) atoms. The minimum atomic E-state index is -0.777. The van der Waals surface area contributed by atoms with Crippen LogP contribution < -0.4 is 10.6 Å². The Morgan fingerprint density at radius 2 is 1.89 bits per heavy atom. The number of imide groups is 2. The van der Waals surface area contributed by atoms with Gasteiger partial charge in [0.25, 0.3) is 17.7 Å². The highest BCUT2D eigenvalue weighted by Crippen LogP contribution is 2.26. The molecule has 0 fully saturated rings. The van der Waals surface area contributed by atoms with Gasteiger partial charge in [-0.25, -0.2) is 4.79 Å². The molecule has 0 aliphatic carbocycles. The molecule has 0 atom stereocenters. The van der Waals surface area contributed by atoms with E-state index in [1.165, 1.54) is 6.08 Å². The second-order valence-electron chi connectivity index (χ2n) is 5.76. The van der Waals surface area contributed by atoms with E-state index >= 15 is 0 Å². The molecule has 0 spiro atoms. The standard InChI is InChI=1S/C18H18BrN3O6/c1-2-7-20-18(27)21-14(23)10-28-15(24)4-3-8-22-16(25)12-6-5-11(19)9-13(12)17(22)26/h2,5-6,9H,1,3-4,7-8,10H2,(H2,20,21,23,27). The average molecular weight is 452 g/mol. The molecular formula is C18H18BrN3O6. The smallest absolute Gasteiger partial charge is 0.321 e. The van der Waals surface area contributed by atoms with Gasteiger partial charge in [0.2, 0.25) is 0 Å². The van der Waals surface area contributed by atoms with E-state index in [-0.39, 0.29) is 25.9 Å². The predicted molar refractivity (Wildman–Crippen MR) is 101 cm³/mol. The van der Waals surface area contributed by atoms with E-state index in [1.54, 1.807) is 18.2 Å². The van der Waals surface area contributed by atoms with Crippen LogP contribution in [0.4, 0.5) is 4.79 Å². The van der Waals surface area contributed by atoms with Gasteiger partial charge < -0.3 is 10.1 Å². The summed E-state index contributed by atoms with van der Waals surface area (Å²) in [5.41, 5.74) is 0.635. The van der Waals surface area contributed by atoms with Crippen LogP contribution in [0, 0.1) is 0 Å². The zero-order chi connectivity index (χ0) is 20.7. The Bertz CT molecular complexity index is 839. The van der Waals surface area contributed by atoms with E-state index in [0.29, 0.717) is 15.6 Å². The first-order valence-electron chi connectivity index (χ1n) is 8.33. The molecule has 1 aromatic rings. The van der Waals surface area contributed by atoms with Gasteiger partial charge in [0.15, 0.2) is 6.61 Å². The van der Waals surface area contributed by atoms with Crippen LogP contribution in [-0.4, -0.2) is 54.3 Å². The monoisotopic (exact) mass is 451 g/mol. The summed E-state index contributed by atoms with van der Waals surface area (Å²) in [6.45, 7) is 3.04. The number of carbonyl (C=O) groups is 5. The lowest BCUT2D eigenvalue weighted by atomic mass is 10.1. The highest BCUT2D eigenvalue weighted by atomic mass is 79.9. The van der Waals surface area contributed by atoms with Crippen molar-refractivity contribution in [1.82, 2.24) is 15.5 Å². The van der Waals surface area contributed by atoms with Crippen molar-refractivity contribution in [2.75, 3.05) is 19.7 Å². The summed E-state index contributed by atoms with van der Waals surface area (Å²) in [6, 6.07) is 4.09. The summed E-state index contributed by atoms with van der Waals surface area (Å²) in [7, 11) is 0. The number of nitrogens with zero attached hydrogens (tertiary/aromatic N) is 1. The Kier molecular flexibility index (Phi) is 7.44. The van der Waals surface area contributed by atoms with E-state index in [4.69, 9.17) is 4.74 Å². The Balaban J connectivity index is 1.72. The maximum absolute atomic E-state index is 12.3. The van der Waals surface area contributed by atoms with Crippen LogP contribution in [0.2, 0.25) is 0 Å². The highest BCUT2D eigenvalue weighted by molar-refractivity contribution is 9.10. The van der Waals surface area contributed by atoms with Crippen molar-refractivity contribution in [2.24, 2.45) is 0 Å². The van der Waals surface area contributed by atoms with E-state index < -0.39 is 36.3 Å². The number of rotatable bonds is 8. The number of hydrogen-bond donors (Lipinski definition) is 2. The molecule has 0 aromatic heterocycles. The molecule has 1 heterocycles. The fourth-order valence-electron chi connectivity index (χ4n) is 2.44. The van der Waals surface area contributed by atoms with Crippen LogP contribution in [0.15, 0.2) is 35.3 Å². The lowest BCUT2D eigenvalue weighted by Gasteiger charge is -2.13. The number of amides is 5. The van der Waals surface area contributed by atoms with E-state index in [0.717, 1.165) is 4.90 Å². The third kappa shape index (κ3) is 5.49. The third-order valence-corrected chi connectivity index (χ3v) is 4.21. The number of fused-ring (bicyclic) bond motifs is 1. The number of carbonyl (C=O) groups excluding carboxylic acids is 5. The summed E-state index contributed by atoms with van der Waals surface area (Å²) in [5, 5.41) is 4.32. The number of ether oxygens (including phenoxy) is 1. The molecule has 0 bridgehead atoms. The zero-order valence-corrected chi connectivity index (χ0v) is 16.4. The quantitative estimate of drug-likeness (QED) is 0.349. The minimum Gasteiger partial charge on any atom is -0.456 e. The van der Waals surface area contributed by atoms with Crippen LogP contribution in [0.3, 0.4) is 0 Å². The van der Waals surface area contributed by atoms with E-state index in [9.17, 15) is 24.0 Å². The molecule has 1 aliphatic rings. The molecular weight excluding hydrogens is 434 g/mol. The molecule has 10 heteroatoms. The van der Waals surface area contributed by atoms with Crippen LogP contribution in [0.25, 0.3) is 0 Å². The van der Waals surface area contributed by atoms with Gasteiger partial charge in [-0.3, -0.25) is 29.4 Å². The summed E-state index contributed by atoms with van der Waals surface area (Å²) in [4.78, 5) is 60.0. The largest absolute Gasteiger partial charge is 0.456 e. The van der Waals surface area contributed by atoms with E-state index in [1.807, 2.05) is 5.32 Å². The molecule has 0 radical (unpaired) electrons. The molecule has 0 saturated carbocycles. The lowest BCUT2D eigenvalue weighted by molar-refractivity contribution is -0.148. The maximum atomic E-state index is 12.3. The Labute approximate surface area is 169 Å². The van der Waals surface area contributed by atoms with Gasteiger partial charge in [0.1, 0.15) is 0 Å². The highest BCUT2D eigenvalue weighted by Gasteiger charge is 2.35. The van der Waals surface area contributed by atoms with Gasteiger partial charge in [0.05, 0.1) is 11.1 Å². The first kappa shape index (κ1) is 21.3. The number of esters is 1. The van der Waals surface area contributed by atoms with Crippen molar-refractivity contribution in [2.45, 2.75) is 12.8 Å². The second kappa shape index (κ2) is 9.79. The molecule has 2 N–H and O–H groups in total. The van der Waals surface area contributed by atoms with Crippen molar-refractivity contribution in [1.29, 1.82) is 0 Å².